The van der Waals surface area contributed by atoms with E-state index in [0.29, 0.717) is 17.4 Å². The first-order valence-corrected chi connectivity index (χ1v) is 8.32. The summed E-state index contributed by atoms with van der Waals surface area (Å²) in [5.74, 6) is 1.20. The molecule has 0 fully saturated rings. The van der Waals surface area contributed by atoms with Crippen molar-refractivity contribution in [3.05, 3.63) is 59.1 Å². The van der Waals surface area contributed by atoms with Crippen molar-refractivity contribution in [2.45, 2.75) is 32.9 Å². The molecule has 2 atom stereocenters. The highest BCUT2D eigenvalue weighted by atomic mass is 35.5. The number of nitrogens with one attached hydrogen (secondary N) is 1. The van der Waals surface area contributed by atoms with E-state index < -0.39 is 6.10 Å². The summed E-state index contributed by atoms with van der Waals surface area (Å²) in [7, 11) is 0. The van der Waals surface area contributed by atoms with Crippen LogP contribution < -0.4 is 14.8 Å². The van der Waals surface area contributed by atoms with Crippen LogP contribution in [-0.2, 0) is 4.79 Å². The van der Waals surface area contributed by atoms with Gasteiger partial charge in [0.1, 0.15) is 11.5 Å². The molecule has 0 saturated heterocycles. The number of hydrogen-bond donors (Lipinski definition) is 1. The van der Waals surface area contributed by atoms with E-state index in [4.69, 9.17) is 21.1 Å². The molecule has 0 aliphatic heterocycles. The van der Waals surface area contributed by atoms with Crippen molar-refractivity contribution in [1.29, 1.82) is 0 Å². The Morgan fingerprint density at radius 1 is 1.12 bits per heavy atom. The van der Waals surface area contributed by atoms with Gasteiger partial charge in [-0.1, -0.05) is 29.8 Å². The van der Waals surface area contributed by atoms with E-state index >= 15 is 0 Å². The number of carbonyl (C=O) groups excluding carboxylic acids is 1. The quantitative estimate of drug-likeness (QED) is 0.808. The maximum Gasteiger partial charge on any atom is 0.261 e. The Morgan fingerprint density at radius 2 is 1.83 bits per heavy atom. The molecule has 0 bridgehead atoms. The van der Waals surface area contributed by atoms with Gasteiger partial charge >= 0.3 is 0 Å². The largest absolute Gasteiger partial charge is 0.494 e. The predicted molar refractivity (Wildman–Crippen MR) is 95.7 cm³/mol. The molecule has 5 heteroatoms. The van der Waals surface area contributed by atoms with E-state index in [1.165, 1.54) is 0 Å². The Kier molecular flexibility index (Phi) is 6.50. The average molecular weight is 348 g/mol. The van der Waals surface area contributed by atoms with E-state index in [1.54, 1.807) is 31.2 Å². The minimum Gasteiger partial charge on any atom is -0.494 e. The second-order valence-corrected chi connectivity index (χ2v) is 5.89. The fourth-order valence-electron chi connectivity index (χ4n) is 2.23. The van der Waals surface area contributed by atoms with Gasteiger partial charge in [0.15, 0.2) is 6.10 Å². The second kappa shape index (κ2) is 8.60. The third-order valence-corrected chi connectivity index (χ3v) is 3.76. The van der Waals surface area contributed by atoms with Crippen LogP contribution in [0.4, 0.5) is 0 Å². The topological polar surface area (TPSA) is 47.6 Å². The molecule has 0 aliphatic rings. The summed E-state index contributed by atoms with van der Waals surface area (Å²) in [6.45, 7) is 6.21. The van der Waals surface area contributed by atoms with Crippen LogP contribution in [-0.4, -0.2) is 18.6 Å². The molecule has 1 N–H and O–H groups in total. The number of benzene rings is 2. The van der Waals surface area contributed by atoms with Gasteiger partial charge < -0.3 is 14.8 Å². The fourth-order valence-corrected chi connectivity index (χ4v) is 2.41. The highest BCUT2D eigenvalue weighted by molar-refractivity contribution is 6.30. The molecule has 2 rings (SSSR count). The van der Waals surface area contributed by atoms with Crippen molar-refractivity contribution in [2.75, 3.05) is 6.61 Å². The van der Waals surface area contributed by atoms with E-state index in [-0.39, 0.29) is 11.9 Å². The first kappa shape index (κ1) is 18.1. The van der Waals surface area contributed by atoms with Crippen LogP contribution in [0.1, 0.15) is 32.4 Å². The highest BCUT2D eigenvalue weighted by Crippen LogP contribution is 2.20. The summed E-state index contributed by atoms with van der Waals surface area (Å²) >= 11 is 5.92. The standard InChI is InChI=1S/C19H22ClNO3/c1-4-23-17-10-8-15(9-11-17)13(2)21-19(22)14(3)24-18-7-5-6-16(20)12-18/h5-14H,4H2,1-3H3,(H,21,22)/t13-,14+/m0/s1. The molecule has 0 saturated carbocycles. The monoisotopic (exact) mass is 347 g/mol. The van der Waals surface area contributed by atoms with Crippen molar-refractivity contribution >= 4 is 17.5 Å². The lowest BCUT2D eigenvalue weighted by atomic mass is 10.1. The number of hydrogen-bond acceptors (Lipinski definition) is 3. The van der Waals surface area contributed by atoms with E-state index in [9.17, 15) is 4.79 Å². The van der Waals surface area contributed by atoms with Gasteiger partial charge in [-0.15, -0.1) is 0 Å². The van der Waals surface area contributed by atoms with Crippen molar-refractivity contribution < 1.29 is 14.3 Å². The van der Waals surface area contributed by atoms with E-state index in [1.807, 2.05) is 38.1 Å². The molecule has 1 amide bonds. The first-order chi connectivity index (χ1) is 11.5. The summed E-state index contributed by atoms with van der Waals surface area (Å²) in [5, 5.41) is 3.52. The summed E-state index contributed by atoms with van der Waals surface area (Å²) < 4.78 is 11.0. The molecule has 24 heavy (non-hydrogen) atoms. The Labute approximate surface area is 147 Å². The zero-order chi connectivity index (χ0) is 17.5. The van der Waals surface area contributed by atoms with Crippen LogP contribution in [0.2, 0.25) is 5.02 Å². The molecule has 2 aromatic rings. The highest BCUT2D eigenvalue weighted by Gasteiger charge is 2.18. The zero-order valence-electron chi connectivity index (χ0n) is 14.1. The maximum absolute atomic E-state index is 12.3. The first-order valence-electron chi connectivity index (χ1n) is 7.95. The lowest BCUT2D eigenvalue weighted by Gasteiger charge is -2.19. The van der Waals surface area contributed by atoms with Gasteiger partial charge in [0, 0.05) is 5.02 Å². The van der Waals surface area contributed by atoms with Gasteiger partial charge in [0.2, 0.25) is 0 Å². The van der Waals surface area contributed by atoms with Gasteiger partial charge in [-0.25, -0.2) is 0 Å². The Balaban J connectivity index is 1.92. The molecular formula is C19H22ClNO3. The molecule has 128 valence electrons. The number of rotatable bonds is 7. The molecule has 2 aromatic carbocycles. The smallest absolute Gasteiger partial charge is 0.261 e. The summed E-state index contributed by atoms with van der Waals surface area (Å²) in [5.41, 5.74) is 1.00. The lowest BCUT2D eigenvalue weighted by Crippen LogP contribution is -2.37. The minimum atomic E-state index is -0.617. The van der Waals surface area contributed by atoms with E-state index in [2.05, 4.69) is 5.32 Å². The second-order valence-electron chi connectivity index (χ2n) is 5.45. The molecular weight excluding hydrogens is 326 g/mol. The van der Waals surface area contributed by atoms with Crippen LogP contribution in [0.3, 0.4) is 0 Å². The number of ether oxygens (including phenoxy) is 2. The molecule has 0 heterocycles. The van der Waals surface area contributed by atoms with Gasteiger partial charge in [-0.05, 0) is 56.7 Å². The van der Waals surface area contributed by atoms with Crippen molar-refractivity contribution in [2.24, 2.45) is 0 Å². The van der Waals surface area contributed by atoms with Gasteiger partial charge in [0.25, 0.3) is 5.91 Å². The maximum atomic E-state index is 12.3. The predicted octanol–water partition coefficient (Wildman–Crippen LogP) is 4.38. The van der Waals surface area contributed by atoms with Crippen LogP contribution in [0.15, 0.2) is 48.5 Å². The average Bonchev–Trinajstić information content (AvgIpc) is 2.55. The summed E-state index contributed by atoms with van der Waals surface area (Å²) in [6.07, 6.45) is -0.617. The SMILES string of the molecule is CCOc1ccc([C@H](C)NC(=O)[C@@H](C)Oc2cccc(Cl)c2)cc1. The molecule has 0 aliphatic carbocycles. The minimum absolute atomic E-state index is 0.126. The summed E-state index contributed by atoms with van der Waals surface area (Å²) in [4.78, 5) is 12.3. The van der Waals surface area contributed by atoms with Crippen LogP contribution in [0.25, 0.3) is 0 Å². The van der Waals surface area contributed by atoms with Gasteiger partial charge in [-0.3, -0.25) is 4.79 Å². The van der Waals surface area contributed by atoms with Crippen LogP contribution in [0.5, 0.6) is 11.5 Å². The molecule has 0 aromatic heterocycles. The molecule has 0 unspecified atom stereocenters. The molecule has 4 nitrogen and oxygen atoms in total. The van der Waals surface area contributed by atoms with Crippen LogP contribution >= 0.6 is 11.6 Å². The van der Waals surface area contributed by atoms with Crippen LogP contribution in [0, 0.1) is 0 Å². The van der Waals surface area contributed by atoms with Gasteiger partial charge in [-0.2, -0.15) is 0 Å². The normalized spacial score (nSPS) is 13.0. The summed E-state index contributed by atoms with van der Waals surface area (Å²) in [6, 6.07) is 14.5. The zero-order valence-corrected chi connectivity index (χ0v) is 14.8. The molecule has 0 spiro atoms. The van der Waals surface area contributed by atoms with Crippen molar-refractivity contribution in [3.63, 3.8) is 0 Å². The molecule has 0 radical (unpaired) electrons. The Bertz CT molecular complexity index is 673. The lowest BCUT2D eigenvalue weighted by molar-refractivity contribution is -0.127. The van der Waals surface area contributed by atoms with Crippen molar-refractivity contribution in [3.8, 4) is 11.5 Å². The third kappa shape index (κ3) is 5.17. The van der Waals surface area contributed by atoms with Crippen molar-refractivity contribution in [1.82, 2.24) is 5.32 Å². The Hall–Kier alpha value is -2.20. The number of amides is 1. The third-order valence-electron chi connectivity index (χ3n) is 3.53. The fraction of sp³-hybridized carbons (Fsp3) is 0.316. The Morgan fingerprint density at radius 3 is 2.46 bits per heavy atom. The van der Waals surface area contributed by atoms with Gasteiger partial charge in [0.05, 0.1) is 12.6 Å². The number of halogens is 1. The number of carbonyl (C=O) groups is 1. The van der Waals surface area contributed by atoms with E-state index in [0.717, 1.165) is 11.3 Å².